The lowest BCUT2D eigenvalue weighted by atomic mass is 10.1. The quantitative estimate of drug-likeness (QED) is 0.406. The molecule has 3 aromatic carbocycles. The first-order valence-electron chi connectivity index (χ1n) is 8.58. The Morgan fingerprint density at radius 3 is 1.29 bits per heavy atom. The van der Waals surface area contributed by atoms with E-state index in [9.17, 15) is 18.4 Å². The second-order valence-corrected chi connectivity index (χ2v) is 6.02. The molecule has 0 unspecified atom stereocenters. The molecule has 0 aliphatic carbocycles. The van der Waals surface area contributed by atoms with Gasteiger partial charge in [0.25, 0.3) is 0 Å². The van der Waals surface area contributed by atoms with Gasteiger partial charge in [0, 0.05) is 0 Å². The number of hydrogen-bond donors (Lipinski definition) is 0. The summed E-state index contributed by atoms with van der Waals surface area (Å²) in [5.41, 5.74) is 1.54. The van der Waals surface area contributed by atoms with Crippen LogP contribution in [-0.2, 0) is 0 Å². The van der Waals surface area contributed by atoms with Crippen molar-refractivity contribution < 1.29 is 18.4 Å². The molecule has 4 heteroatoms. The summed E-state index contributed by atoms with van der Waals surface area (Å²) in [7, 11) is 0. The monoisotopic (exact) mass is 374 g/mol. The van der Waals surface area contributed by atoms with Crippen molar-refractivity contribution >= 4 is 23.7 Å². The van der Waals surface area contributed by atoms with Crippen molar-refractivity contribution in [3.8, 4) is 0 Å². The topological polar surface area (TPSA) is 34.1 Å². The van der Waals surface area contributed by atoms with Crippen molar-refractivity contribution in [3.05, 3.63) is 119 Å². The molecular formula is C24H16F2O2. The van der Waals surface area contributed by atoms with E-state index in [0.29, 0.717) is 0 Å². The Morgan fingerprint density at radius 2 is 0.929 bits per heavy atom. The Morgan fingerprint density at radius 1 is 0.571 bits per heavy atom. The van der Waals surface area contributed by atoms with Crippen molar-refractivity contribution in [1.82, 2.24) is 0 Å². The van der Waals surface area contributed by atoms with Gasteiger partial charge in [-0.25, -0.2) is 8.78 Å². The van der Waals surface area contributed by atoms with Crippen LogP contribution in [0.25, 0.3) is 12.2 Å². The van der Waals surface area contributed by atoms with Crippen molar-refractivity contribution in [1.29, 1.82) is 0 Å². The highest BCUT2D eigenvalue weighted by atomic mass is 19.1. The Hall–Kier alpha value is -3.66. The third-order valence-corrected chi connectivity index (χ3v) is 4.07. The number of carbonyl (C=O) groups is 2. The second kappa shape index (κ2) is 8.82. The van der Waals surface area contributed by atoms with Crippen LogP contribution < -0.4 is 0 Å². The Labute approximate surface area is 161 Å². The van der Waals surface area contributed by atoms with Gasteiger partial charge in [0.05, 0.1) is 11.1 Å². The van der Waals surface area contributed by atoms with Crippen molar-refractivity contribution in [2.45, 2.75) is 0 Å². The maximum absolute atomic E-state index is 13.6. The van der Waals surface area contributed by atoms with Gasteiger partial charge in [-0.15, -0.1) is 0 Å². The third-order valence-electron chi connectivity index (χ3n) is 4.07. The molecule has 0 atom stereocenters. The largest absolute Gasteiger partial charge is 0.289 e. The van der Waals surface area contributed by atoms with E-state index in [0.717, 1.165) is 11.1 Å². The first-order valence-corrected chi connectivity index (χ1v) is 8.58. The van der Waals surface area contributed by atoms with Crippen molar-refractivity contribution in [2.24, 2.45) is 0 Å². The molecule has 0 saturated carbocycles. The van der Waals surface area contributed by atoms with Crippen LogP contribution in [0.1, 0.15) is 31.8 Å². The van der Waals surface area contributed by atoms with Crippen molar-refractivity contribution in [2.75, 3.05) is 0 Å². The van der Waals surface area contributed by atoms with Gasteiger partial charge in [-0.1, -0.05) is 60.7 Å². The number of ketones is 2. The molecule has 0 radical (unpaired) electrons. The van der Waals surface area contributed by atoms with Crippen LogP contribution in [0.4, 0.5) is 8.78 Å². The minimum Gasteiger partial charge on any atom is -0.289 e. The number of rotatable bonds is 6. The molecule has 2 nitrogen and oxygen atoms in total. The molecule has 0 aliphatic rings. The highest BCUT2D eigenvalue weighted by Crippen LogP contribution is 2.13. The predicted molar refractivity (Wildman–Crippen MR) is 106 cm³/mol. The maximum Gasteiger partial charge on any atom is 0.188 e. The fourth-order valence-electron chi connectivity index (χ4n) is 2.56. The number of allylic oxidation sites excluding steroid dienone is 2. The predicted octanol–water partition coefficient (Wildman–Crippen LogP) is 5.76. The van der Waals surface area contributed by atoms with Crippen LogP contribution in [0.5, 0.6) is 0 Å². The van der Waals surface area contributed by atoms with Crippen LogP contribution in [0.15, 0.2) is 84.9 Å². The van der Waals surface area contributed by atoms with Crippen LogP contribution in [0, 0.1) is 11.6 Å². The summed E-state index contributed by atoms with van der Waals surface area (Å²) in [5.74, 6) is -1.95. The van der Waals surface area contributed by atoms with Crippen LogP contribution in [-0.4, -0.2) is 11.6 Å². The highest BCUT2D eigenvalue weighted by Gasteiger charge is 2.08. The third kappa shape index (κ3) is 4.74. The molecule has 0 aromatic heterocycles. The molecule has 0 bridgehead atoms. The molecule has 0 fully saturated rings. The van der Waals surface area contributed by atoms with Gasteiger partial charge in [-0.3, -0.25) is 9.59 Å². The highest BCUT2D eigenvalue weighted by molar-refractivity contribution is 6.07. The molecule has 0 amide bonds. The second-order valence-electron chi connectivity index (χ2n) is 6.02. The Bertz CT molecular complexity index is 977. The lowest BCUT2D eigenvalue weighted by Gasteiger charge is -1.99. The number of carbonyl (C=O) groups excluding carboxylic acids is 2. The first-order chi connectivity index (χ1) is 13.5. The fourth-order valence-corrected chi connectivity index (χ4v) is 2.56. The molecule has 0 aliphatic heterocycles. The van der Waals surface area contributed by atoms with Gasteiger partial charge >= 0.3 is 0 Å². The molecule has 0 saturated heterocycles. The minimum atomic E-state index is -0.558. The van der Waals surface area contributed by atoms with E-state index in [4.69, 9.17) is 0 Å². The van der Waals surface area contributed by atoms with Crippen LogP contribution in [0.3, 0.4) is 0 Å². The number of benzene rings is 3. The summed E-state index contributed by atoms with van der Waals surface area (Å²) in [6.45, 7) is 0. The Kier molecular flexibility index (Phi) is 6.02. The van der Waals surface area contributed by atoms with E-state index in [-0.39, 0.29) is 11.1 Å². The molecule has 0 heterocycles. The van der Waals surface area contributed by atoms with Gasteiger partial charge < -0.3 is 0 Å². The Balaban J connectivity index is 1.67. The van der Waals surface area contributed by atoms with E-state index in [2.05, 4.69) is 0 Å². The summed E-state index contributed by atoms with van der Waals surface area (Å²) >= 11 is 0. The molecule has 138 valence electrons. The number of halogens is 2. The zero-order chi connectivity index (χ0) is 19.9. The summed E-state index contributed by atoms with van der Waals surface area (Å²) in [4.78, 5) is 24.1. The fraction of sp³-hybridized carbons (Fsp3) is 0. The summed E-state index contributed by atoms with van der Waals surface area (Å²) < 4.78 is 27.2. The van der Waals surface area contributed by atoms with Gasteiger partial charge in [0.15, 0.2) is 11.6 Å². The summed E-state index contributed by atoms with van der Waals surface area (Å²) in [6.07, 6.45) is 5.80. The normalized spacial score (nSPS) is 11.2. The average molecular weight is 374 g/mol. The van der Waals surface area contributed by atoms with Crippen LogP contribution >= 0.6 is 0 Å². The molecule has 0 N–H and O–H groups in total. The van der Waals surface area contributed by atoms with Gasteiger partial charge in [-0.05, 0) is 47.5 Å². The van der Waals surface area contributed by atoms with E-state index in [1.54, 1.807) is 48.6 Å². The maximum atomic E-state index is 13.6. The molecule has 3 aromatic rings. The van der Waals surface area contributed by atoms with Gasteiger partial charge in [-0.2, -0.15) is 0 Å². The summed E-state index contributed by atoms with van der Waals surface area (Å²) in [6, 6.07) is 18.7. The SMILES string of the molecule is O=C(/C=C/c1ccc(/C=C/C(=O)c2ccccc2F)cc1)c1ccccc1F. The molecule has 0 spiro atoms. The summed E-state index contributed by atoms with van der Waals surface area (Å²) in [5, 5.41) is 0. The van der Waals surface area contributed by atoms with E-state index >= 15 is 0 Å². The number of hydrogen-bond acceptors (Lipinski definition) is 2. The van der Waals surface area contributed by atoms with Gasteiger partial charge in [0.2, 0.25) is 0 Å². The standard InChI is InChI=1S/C24H16F2O2/c25-21-7-3-1-5-19(21)23(27)15-13-17-9-11-18(12-10-17)14-16-24(28)20-6-2-4-8-22(20)26/h1-16H/b15-13+,16-14+. The lowest BCUT2D eigenvalue weighted by Crippen LogP contribution is -1.97. The van der Waals surface area contributed by atoms with Crippen molar-refractivity contribution in [3.63, 3.8) is 0 Å². The lowest BCUT2D eigenvalue weighted by molar-refractivity contribution is 0.103. The zero-order valence-corrected chi connectivity index (χ0v) is 14.8. The minimum absolute atomic E-state index is 0.0185. The molecular weight excluding hydrogens is 358 g/mol. The smallest absolute Gasteiger partial charge is 0.188 e. The van der Waals surface area contributed by atoms with E-state index in [1.165, 1.54) is 48.6 Å². The average Bonchev–Trinajstić information content (AvgIpc) is 2.71. The van der Waals surface area contributed by atoms with Crippen LogP contribution in [0.2, 0.25) is 0 Å². The molecule has 3 rings (SSSR count). The van der Waals surface area contributed by atoms with E-state index < -0.39 is 23.2 Å². The zero-order valence-electron chi connectivity index (χ0n) is 14.8. The molecule has 28 heavy (non-hydrogen) atoms. The first kappa shape index (κ1) is 19.1. The van der Waals surface area contributed by atoms with E-state index in [1.807, 2.05) is 0 Å². The van der Waals surface area contributed by atoms with Gasteiger partial charge in [0.1, 0.15) is 11.6 Å².